The van der Waals surface area contributed by atoms with E-state index in [1.807, 2.05) is 0 Å². The molecule has 0 radical (unpaired) electrons. The van der Waals surface area contributed by atoms with E-state index in [1.54, 1.807) is 43.3 Å². The molecule has 1 aromatic carbocycles. The molecular weight excluding hydrogens is 618 g/mol. The van der Waals surface area contributed by atoms with Crippen molar-refractivity contribution in [3.63, 3.8) is 0 Å². The van der Waals surface area contributed by atoms with Crippen LogP contribution in [0.1, 0.15) is 26.2 Å². The highest BCUT2D eigenvalue weighted by atomic mass is 79.9. The number of rotatable bonds is 13. The molecule has 0 aliphatic carbocycles. The number of aliphatic hydroxyl groups excluding tert-OH is 1. The van der Waals surface area contributed by atoms with Crippen molar-refractivity contribution in [1.82, 2.24) is 10.2 Å². The minimum atomic E-state index is -1.31. The van der Waals surface area contributed by atoms with Crippen LogP contribution in [0, 0.1) is 11.8 Å². The summed E-state index contributed by atoms with van der Waals surface area (Å²) in [7, 11) is 0. The summed E-state index contributed by atoms with van der Waals surface area (Å²) in [5.74, 6) is -3.62. The quantitative estimate of drug-likeness (QED) is 0.191. The molecule has 41 heavy (non-hydrogen) atoms. The van der Waals surface area contributed by atoms with Crippen molar-refractivity contribution in [2.24, 2.45) is 11.8 Å². The number of hydrogen-bond acceptors (Lipinski definition) is 7. The number of aliphatic hydroxyl groups is 1. The van der Waals surface area contributed by atoms with Gasteiger partial charge in [0.05, 0.1) is 31.1 Å². The second-order valence-electron chi connectivity index (χ2n) is 10.5. The van der Waals surface area contributed by atoms with E-state index in [1.165, 1.54) is 9.80 Å². The third kappa shape index (κ3) is 5.95. The Bertz CT molecular complexity index is 1200. The van der Waals surface area contributed by atoms with Gasteiger partial charge in [-0.25, -0.2) is 0 Å². The number of likely N-dealkylation sites (tertiary alicyclic amines) is 1. The lowest BCUT2D eigenvalue weighted by molar-refractivity contribution is -0.159. The Labute approximate surface area is 252 Å². The van der Waals surface area contributed by atoms with E-state index in [2.05, 4.69) is 34.4 Å². The molecule has 7 atom stereocenters. The first-order valence-electron chi connectivity index (χ1n) is 13.6. The van der Waals surface area contributed by atoms with Gasteiger partial charge in [-0.05, 0) is 44.0 Å². The second kappa shape index (κ2) is 13.1. The number of nitrogens with one attached hydrogen (secondary N) is 1. The molecule has 3 aliphatic heterocycles. The van der Waals surface area contributed by atoms with Gasteiger partial charge in [0.15, 0.2) is 0 Å². The highest BCUT2D eigenvalue weighted by Gasteiger charge is 2.77. The van der Waals surface area contributed by atoms with Gasteiger partial charge in [-0.1, -0.05) is 39.7 Å². The van der Waals surface area contributed by atoms with Crippen LogP contribution < -0.4 is 10.2 Å². The van der Waals surface area contributed by atoms with Crippen molar-refractivity contribution in [3.8, 4) is 0 Å². The summed E-state index contributed by atoms with van der Waals surface area (Å²) >= 11 is 9.68. The topological polar surface area (TPSA) is 125 Å². The Kier molecular flexibility index (Phi) is 9.94. The summed E-state index contributed by atoms with van der Waals surface area (Å²) < 4.78 is 12.1. The van der Waals surface area contributed by atoms with Crippen molar-refractivity contribution in [2.75, 3.05) is 31.1 Å². The zero-order chi connectivity index (χ0) is 29.9. The molecule has 0 saturated carbocycles. The molecule has 3 fully saturated rings. The molecule has 2 bridgehead atoms. The standard InChI is InChI=1S/C29H35BrClN3O7/c1-4-6-7-21(36)32-16-17(3)40-28(39)22-23-26(37)34(13-14-35)25(29(23)15-20(30)24(22)41-29)27(38)33(12-5-2)19-10-8-18(31)9-11-19/h4-5,8-11,17,20,22-25,35H,1-2,6-7,12-16H2,3H3,(H,32,36)/t17-,20?,22-,23+,24-,25-,29+/m0/s1. The van der Waals surface area contributed by atoms with Crippen molar-refractivity contribution in [1.29, 1.82) is 0 Å². The molecule has 3 saturated heterocycles. The maximum Gasteiger partial charge on any atom is 0.312 e. The van der Waals surface area contributed by atoms with E-state index in [9.17, 15) is 24.3 Å². The smallest absolute Gasteiger partial charge is 0.312 e. The average Bonchev–Trinajstić information content (AvgIpc) is 3.53. The van der Waals surface area contributed by atoms with Crippen LogP contribution in [0.15, 0.2) is 49.6 Å². The van der Waals surface area contributed by atoms with Crippen LogP contribution >= 0.6 is 27.5 Å². The second-order valence-corrected chi connectivity index (χ2v) is 12.1. The van der Waals surface area contributed by atoms with Gasteiger partial charge in [0.25, 0.3) is 5.91 Å². The highest BCUT2D eigenvalue weighted by Crippen LogP contribution is 2.60. The van der Waals surface area contributed by atoms with Gasteiger partial charge in [-0.3, -0.25) is 19.2 Å². The largest absolute Gasteiger partial charge is 0.460 e. The first-order valence-corrected chi connectivity index (χ1v) is 14.9. The monoisotopic (exact) mass is 651 g/mol. The molecule has 3 heterocycles. The van der Waals surface area contributed by atoms with Gasteiger partial charge >= 0.3 is 5.97 Å². The summed E-state index contributed by atoms with van der Waals surface area (Å²) in [5, 5.41) is 13.1. The van der Waals surface area contributed by atoms with Crippen LogP contribution in [-0.4, -0.2) is 88.6 Å². The number of carbonyl (C=O) groups excluding carboxylic acids is 4. The minimum absolute atomic E-state index is 0.105. The summed E-state index contributed by atoms with van der Waals surface area (Å²) in [4.78, 5) is 56.2. The van der Waals surface area contributed by atoms with Gasteiger partial charge in [0.1, 0.15) is 17.7 Å². The number of halogens is 2. The highest BCUT2D eigenvalue weighted by molar-refractivity contribution is 9.09. The Morgan fingerprint density at radius 1 is 1.32 bits per heavy atom. The predicted octanol–water partition coefficient (Wildman–Crippen LogP) is 2.61. The van der Waals surface area contributed by atoms with E-state index in [0.29, 0.717) is 23.6 Å². The van der Waals surface area contributed by atoms with Gasteiger partial charge in [-0.2, -0.15) is 0 Å². The third-order valence-electron chi connectivity index (χ3n) is 7.83. The van der Waals surface area contributed by atoms with Gasteiger partial charge in [0.2, 0.25) is 11.8 Å². The first-order chi connectivity index (χ1) is 19.6. The van der Waals surface area contributed by atoms with Crippen molar-refractivity contribution in [3.05, 3.63) is 54.6 Å². The maximum atomic E-state index is 14.3. The molecule has 222 valence electrons. The zero-order valence-electron chi connectivity index (χ0n) is 22.8. The molecular formula is C29H35BrClN3O7. The van der Waals surface area contributed by atoms with E-state index in [0.717, 1.165) is 0 Å². The molecule has 3 amide bonds. The number of allylic oxidation sites excluding steroid dienone is 1. The van der Waals surface area contributed by atoms with E-state index >= 15 is 0 Å². The fourth-order valence-corrected chi connectivity index (χ4v) is 7.21. The van der Waals surface area contributed by atoms with Crippen LogP contribution in [0.2, 0.25) is 5.02 Å². The molecule has 1 aromatic rings. The average molecular weight is 653 g/mol. The lowest BCUT2D eigenvalue weighted by Crippen LogP contribution is -2.57. The molecule has 4 rings (SSSR count). The molecule has 1 unspecified atom stereocenters. The fraction of sp³-hybridized carbons (Fsp3) is 0.517. The number of amides is 3. The summed E-state index contributed by atoms with van der Waals surface area (Å²) in [6, 6.07) is 5.63. The number of esters is 1. The summed E-state index contributed by atoms with van der Waals surface area (Å²) in [6.45, 7) is 8.81. The van der Waals surface area contributed by atoms with Crippen LogP contribution in [-0.2, 0) is 28.7 Å². The van der Waals surface area contributed by atoms with Gasteiger partial charge < -0.3 is 29.7 Å². The van der Waals surface area contributed by atoms with E-state index in [4.69, 9.17) is 21.1 Å². The number of nitrogens with zero attached hydrogens (tertiary/aromatic N) is 2. The number of ether oxygens (including phenoxy) is 2. The van der Waals surface area contributed by atoms with Crippen LogP contribution in [0.5, 0.6) is 0 Å². The van der Waals surface area contributed by atoms with E-state index < -0.39 is 53.5 Å². The van der Waals surface area contributed by atoms with Crippen LogP contribution in [0.25, 0.3) is 0 Å². The number of alkyl halides is 1. The number of hydrogen-bond donors (Lipinski definition) is 2. The maximum absolute atomic E-state index is 14.3. The number of benzene rings is 1. The minimum Gasteiger partial charge on any atom is -0.460 e. The summed E-state index contributed by atoms with van der Waals surface area (Å²) in [6.07, 6.45) is 3.00. The van der Waals surface area contributed by atoms with Crippen LogP contribution in [0.3, 0.4) is 0 Å². The number of fused-ring (bicyclic) bond motifs is 1. The lowest BCUT2D eigenvalue weighted by atomic mass is 9.70. The zero-order valence-corrected chi connectivity index (χ0v) is 25.2. The number of β-amino-alcohol motifs (C(OH)–C–C–N with tert-alkyl or cyclic N) is 1. The lowest BCUT2D eigenvalue weighted by Gasteiger charge is -2.37. The normalized spacial score (nSPS) is 28.6. The fourth-order valence-electron chi connectivity index (χ4n) is 6.14. The molecule has 10 nitrogen and oxygen atoms in total. The van der Waals surface area contributed by atoms with Crippen molar-refractivity contribution in [2.45, 2.75) is 54.9 Å². The van der Waals surface area contributed by atoms with E-state index in [-0.39, 0.29) is 43.4 Å². The molecule has 3 aliphatic rings. The Morgan fingerprint density at radius 2 is 2.02 bits per heavy atom. The predicted molar refractivity (Wildman–Crippen MR) is 156 cm³/mol. The van der Waals surface area contributed by atoms with Gasteiger partial charge in [0, 0.05) is 35.0 Å². The van der Waals surface area contributed by atoms with Crippen molar-refractivity contribution >= 4 is 56.9 Å². The Balaban J connectivity index is 1.61. The Morgan fingerprint density at radius 3 is 2.66 bits per heavy atom. The first kappa shape index (κ1) is 31.2. The number of carbonyl (C=O) groups is 4. The molecule has 0 aromatic heterocycles. The SMILES string of the molecule is C=CCCC(=O)NC[C@H](C)OC(=O)[C@@H]1[C@H]2O[C@@]3(CC2Br)[C@H](C(=O)N(CC=C)c2ccc(Cl)cc2)N(CCO)C(=O)[C@@H]13. The van der Waals surface area contributed by atoms with Crippen molar-refractivity contribution < 1.29 is 33.8 Å². The molecule has 2 N–H and O–H groups in total. The Hall–Kier alpha value is -2.73. The third-order valence-corrected chi connectivity index (χ3v) is 8.93. The number of anilines is 1. The molecule has 1 spiro atoms. The molecule has 12 heteroatoms. The van der Waals surface area contributed by atoms with Crippen LogP contribution in [0.4, 0.5) is 5.69 Å². The van der Waals surface area contributed by atoms with Gasteiger partial charge in [-0.15, -0.1) is 13.2 Å². The summed E-state index contributed by atoms with van der Waals surface area (Å²) in [5.41, 5.74) is -0.752.